The molecule has 0 saturated heterocycles. The second-order valence-corrected chi connectivity index (χ2v) is 3.47. The van der Waals surface area contributed by atoms with Gasteiger partial charge in [0, 0.05) is 0 Å². The van der Waals surface area contributed by atoms with Gasteiger partial charge in [-0.25, -0.2) is 4.39 Å². The van der Waals surface area contributed by atoms with Gasteiger partial charge in [0.25, 0.3) is 0 Å². The first-order valence-electron chi connectivity index (χ1n) is 4.61. The zero-order valence-corrected chi connectivity index (χ0v) is 8.31. The summed E-state index contributed by atoms with van der Waals surface area (Å²) >= 11 is 0. The Labute approximate surface area is 86.8 Å². The average Bonchev–Trinajstić information content (AvgIpc) is 2.56. The third-order valence-electron chi connectivity index (χ3n) is 2.26. The fraction of sp³-hybridized carbons (Fsp3) is 0.182. The predicted octanol–water partition coefficient (Wildman–Crippen LogP) is 2.08. The minimum atomic E-state index is -0.237. The molecule has 1 N–H and O–H groups in total. The van der Waals surface area contributed by atoms with Gasteiger partial charge in [-0.05, 0) is 30.2 Å². The molecule has 0 atom stereocenters. The highest BCUT2D eigenvalue weighted by Gasteiger charge is 2.02. The Morgan fingerprint density at radius 1 is 1.47 bits per heavy atom. The lowest BCUT2D eigenvalue weighted by atomic mass is 10.1. The Balaban J connectivity index is 2.24. The van der Waals surface area contributed by atoms with Gasteiger partial charge in [0.05, 0.1) is 18.9 Å². The number of hydrogen-bond donors (Lipinski definition) is 1. The Kier molecular flexibility index (Phi) is 2.41. The third-order valence-corrected chi connectivity index (χ3v) is 2.26. The quantitative estimate of drug-likeness (QED) is 0.817. The maximum atomic E-state index is 12.8. The molecular weight excluding hydrogens is 195 g/mol. The largest absolute Gasteiger partial charge is 0.505 e. The zero-order chi connectivity index (χ0) is 10.8. The first-order valence-corrected chi connectivity index (χ1v) is 4.61. The van der Waals surface area contributed by atoms with E-state index in [1.54, 1.807) is 10.7 Å². The van der Waals surface area contributed by atoms with Crippen LogP contribution in [0.15, 0.2) is 30.6 Å². The van der Waals surface area contributed by atoms with E-state index in [2.05, 4.69) is 5.10 Å². The van der Waals surface area contributed by atoms with E-state index in [1.807, 2.05) is 6.92 Å². The van der Waals surface area contributed by atoms with E-state index >= 15 is 0 Å². The maximum Gasteiger partial charge on any atom is 0.153 e. The van der Waals surface area contributed by atoms with Crippen LogP contribution in [-0.4, -0.2) is 14.9 Å². The number of halogens is 1. The number of rotatable bonds is 2. The molecule has 0 unspecified atom stereocenters. The number of aromatic hydroxyl groups is 1. The van der Waals surface area contributed by atoms with Crippen LogP contribution < -0.4 is 0 Å². The lowest BCUT2D eigenvalue weighted by molar-refractivity contribution is 0.474. The molecule has 1 heterocycles. The number of benzene rings is 1. The van der Waals surface area contributed by atoms with Crippen molar-refractivity contribution in [3.8, 4) is 5.75 Å². The van der Waals surface area contributed by atoms with Crippen LogP contribution in [-0.2, 0) is 6.54 Å². The van der Waals surface area contributed by atoms with Crippen LogP contribution >= 0.6 is 0 Å². The summed E-state index contributed by atoms with van der Waals surface area (Å²) in [6.45, 7) is 2.38. The molecule has 0 radical (unpaired) electrons. The van der Waals surface area contributed by atoms with E-state index in [0.29, 0.717) is 6.54 Å². The van der Waals surface area contributed by atoms with Gasteiger partial charge < -0.3 is 5.11 Å². The van der Waals surface area contributed by atoms with Crippen LogP contribution in [0.5, 0.6) is 5.75 Å². The molecule has 2 aromatic rings. The summed E-state index contributed by atoms with van der Waals surface area (Å²) < 4.78 is 14.4. The zero-order valence-electron chi connectivity index (χ0n) is 8.31. The molecular formula is C11H11FN2O. The third kappa shape index (κ3) is 2.15. The van der Waals surface area contributed by atoms with Gasteiger partial charge in [0.2, 0.25) is 0 Å². The molecule has 4 heteroatoms. The van der Waals surface area contributed by atoms with E-state index < -0.39 is 0 Å². The molecule has 0 fully saturated rings. The van der Waals surface area contributed by atoms with Crippen molar-refractivity contribution >= 4 is 0 Å². The molecule has 0 aliphatic rings. The molecule has 0 aliphatic heterocycles. The topological polar surface area (TPSA) is 38.0 Å². The van der Waals surface area contributed by atoms with Gasteiger partial charge in [0.1, 0.15) is 5.82 Å². The minimum absolute atomic E-state index is 0.134. The van der Waals surface area contributed by atoms with Gasteiger partial charge in [-0.3, -0.25) is 4.68 Å². The van der Waals surface area contributed by atoms with Crippen molar-refractivity contribution in [1.82, 2.24) is 9.78 Å². The van der Waals surface area contributed by atoms with Crippen molar-refractivity contribution in [1.29, 1.82) is 0 Å². The van der Waals surface area contributed by atoms with Crippen molar-refractivity contribution in [3.05, 3.63) is 47.5 Å². The van der Waals surface area contributed by atoms with Crippen molar-refractivity contribution < 1.29 is 9.50 Å². The van der Waals surface area contributed by atoms with Gasteiger partial charge in [-0.15, -0.1) is 0 Å². The van der Waals surface area contributed by atoms with Crippen molar-refractivity contribution in [2.75, 3.05) is 0 Å². The summed E-state index contributed by atoms with van der Waals surface area (Å²) in [5.74, 6) is -0.102. The van der Waals surface area contributed by atoms with Crippen LogP contribution in [0.3, 0.4) is 0 Å². The monoisotopic (exact) mass is 206 g/mol. The van der Waals surface area contributed by atoms with Gasteiger partial charge in [-0.2, -0.15) is 5.10 Å². The van der Waals surface area contributed by atoms with Crippen LogP contribution in [0, 0.1) is 12.7 Å². The van der Waals surface area contributed by atoms with Gasteiger partial charge >= 0.3 is 0 Å². The standard InChI is InChI=1S/C11H11FN2O/c1-8-4-10(12)3-2-9(8)6-14-7-11(15)5-13-14/h2-5,7,15H,6H2,1H3. The number of hydrogen-bond acceptors (Lipinski definition) is 2. The summed E-state index contributed by atoms with van der Waals surface area (Å²) in [6.07, 6.45) is 2.90. The molecule has 0 amide bonds. The summed E-state index contributed by atoms with van der Waals surface area (Å²) in [5.41, 5.74) is 1.87. The fourth-order valence-corrected chi connectivity index (χ4v) is 1.45. The summed E-state index contributed by atoms with van der Waals surface area (Å²) in [7, 11) is 0. The second-order valence-electron chi connectivity index (χ2n) is 3.47. The fourth-order valence-electron chi connectivity index (χ4n) is 1.45. The lowest BCUT2D eigenvalue weighted by Crippen LogP contribution is -2.01. The molecule has 0 bridgehead atoms. The number of aryl methyl sites for hydroxylation is 1. The highest BCUT2D eigenvalue weighted by atomic mass is 19.1. The normalized spacial score (nSPS) is 10.5. The van der Waals surface area contributed by atoms with E-state index in [-0.39, 0.29) is 11.6 Å². The summed E-state index contributed by atoms with van der Waals surface area (Å²) in [6, 6.07) is 4.63. The molecule has 15 heavy (non-hydrogen) atoms. The number of nitrogens with zero attached hydrogens (tertiary/aromatic N) is 2. The van der Waals surface area contributed by atoms with Crippen molar-refractivity contribution in [2.45, 2.75) is 13.5 Å². The van der Waals surface area contributed by atoms with Gasteiger partial charge in [0.15, 0.2) is 5.75 Å². The molecule has 1 aromatic carbocycles. The Morgan fingerprint density at radius 2 is 2.27 bits per heavy atom. The van der Waals surface area contributed by atoms with E-state index in [1.165, 1.54) is 24.5 Å². The minimum Gasteiger partial charge on any atom is -0.505 e. The van der Waals surface area contributed by atoms with Crippen molar-refractivity contribution in [3.63, 3.8) is 0 Å². The second kappa shape index (κ2) is 3.73. The highest BCUT2D eigenvalue weighted by Crippen LogP contribution is 2.13. The number of aromatic nitrogens is 2. The van der Waals surface area contributed by atoms with Crippen LogP contribution in [0.25, 0.3) is 0 Å². The smallest absolute Gasteiger partial charge is 0.153 e. The van der Waals surface area contributed by atoms with E-state index in [9.17, 15) is 4.39 Å². The van der Waals surface area contributed by atoms with E-state index in [4.69, 9.17) is 5.11 Å². The van der Waals surface area contributed by atoms with Crippen LogP contribution in [0.2, 0.25) is 0 Å². The van der Waals surface area contributed by atoms with Gasteiger partial charge in [-0.1, -0.05) is 6.07 Å². The predicted molar refractivity (Wildman–Crippen MR) is 54.1 cm³/mol. The molecule has 0 saturated carbocycles. The SMILES string of the molecule is Cc1cc(F)ccc1Cn1cc(O)cn1. The van der Waals surface area contributed by atoms with E-state index in [0.717, 1.165) is 11.1 Å². The Morgan fingerprint density at radius 3 is 2.87 bits per heavy atom. The maximum absolute atomic E-state index is 12.8. The molecule has 0 spiro atoms. The lowest BCUT2D eigenvalue weighted by Gasteiger charge is -2.05. The highest BCUT2D eigenvalue weighted by molar-refractivity contribution is 5.27. The molecule has 78 valence electrons. The Bertz CT molecular complexity index is 479. The average molecular weight is 206 g/mol. The first-order chi connectivity index (χ1) is 7.15. The summed E-state index contributed by atoms with van der Waals surface area (Å²) in [5, 5.41) is 13.0. The molecule has 3 nitrogen and oxygen atoms in total. The van der Waals surface area contributed by atoms with Crippen LogP contribution in [0.1, 0.15) is 11.1 Å². The Hall–Kier alpha value is -1.84. The van der Waals surface area contributed by atoms with Crippen LogP contribution in [0.4, 0.5) is 4.39 Å². The first kappa shape index (κ1) is 9.71. The summed E-state index contributed by atoms with van der Waals surface area (Å²) in [4.78, 5) is 0. The van der Waals surface area contributed by atoms with Crippen molar-refractivity contribution in [2.24, 2.45) is 0 Å². The molecule has 1 aromatic heterocycles. The molecule has 2 rings (SSSR count). The molecule has 0 aliphatic carbocycles.